The molecule has 3 atom stereocenters. The number of amides is 1. The quantitative estimate of drug-likeness (QED) is 0.0598. The Labute approximate surface area is 266 Å². The first-order valence-electron chi connectivity index (χ1n) is 19.4. The van der Waals surface area contributed by atoms with E-state index in [1.165, 1.54) is 186 Å². The number of nitrogens with one attached hydrogen (secondary N) is 1. The third-order valence-corrected chi connectivity index (χ3v) is 9.77. The highest BCUT2D eigenvalue weighted by Gasteiger charge is 2.24. The Kier molecular flexibility index (Phi) is 31.0. The van der Waals surface area contributed by atoms with E-state index in [0.29, 0.717) is 17.4 Å². The average molecular weight is 590 g/mol. The monoisotopic (exact) mass is 590 g/mol. The summed E-state index contributed by atoms with van der Waals surface area (Å²) in [6, 6.07) is 0.230. The van der Waals surface area contributed by atoms with Gasteiger partial charge in [-0.15, -0.1) is 0 Å². The highest BCUT2D eigenvalue weighted by molar-refractivity contribution is 5.92. The van der Waals surface area contributed by atoms with Crippen molar-refractivity contribution in [3.8, 4) is 0 Å². The second-order valence-electron chi connectivity index (χ2n) is 14.1. The molecule has 0 fully saturated rings. The van der Waals surface area contributed by atoms with Crippen molar-refractivity contribution >= 4 is 5.91 Å². The molecular weight excluding hydrogens is 510 g/mol. The third kappa shape index (κ3) is 26.8. The number of unbranched alkanes of at least 4 members (excludes halogenated alkanes) is 25. The van der Waals surface area contributed by atoms with Crippen LogP contribution >= 0.6 is 0 Å². The molecular formula is C40H79NO. The fraction of sp³-hybridized carbons (Fsp3) is 0.925. The molecule has 0 aromatic heterocycles. The fourth-order valence-electron chi connectivity index (χ4n) is 6.74. The molecule has 0 bridgehead atoms. The van der Waals surface area contributed by atoms with Crippen molar-refractivity contribution in [1.82, 2.24) is 5.32 Å². The number of rotatable bonds is 33. The Balaban J connectivity index is 4.07. The van der Waals surface area contributed by atoms with Crippen LogP contribution in [0.3, 0.4) is 0 Å². The van der Waals surface area contributed by atoms with Gasteiger partial charge in [-0.1, -0.05) is 207 Å². The molecule has 0 spiro atoms. The minimum atomic E-state index is 0.0292. The lowest BCUT2D eigenvalue weighted by molar-refractivity contribution is -0.118. The first kappa shape index (κ1) is 41.2. The van der Waals surface area contributed by atoms with Gasteiger partial charge in [-0.05, 0) is 32.1 Å². The first-order valence-corrected chi connectivity index (χ1v) is 19.4. The van der Waals surface area contributed by atoms with Crippen LogP contribution in [-0.2, 0) is 4.79 Å². The van der Waals surface area contributed by atoms with Gasteiger partial charge in [0.25, 0.3) is 0 Å². The van der Waals surface area contributed by atoms with E-state index in [0.717, 1.165) is 0 Å². The SMILES string of the molecule is C=C(C)C(=O)NC(C)C(CCCCCCCCCCCCCCC)C(C)CCCCCCCCCCCCCCCC. The van der Waals surface area contributed by atoms with Gasteiger partial charge in [0, 0.05) is 11.6 Å². The number of hydrogen-bond acceptors (Lipinski definition) is 1. The van der Waals surface area contributed by atoms with Crippen LogP contribution in [0.1, 0.15) is 221 Å². The van der Waals surface area contributed by atoms with Crippen LogP contribution in [0.25, 0.3) is 0 Å². The molecule has 250 valence electrons. The molecule has 2 heteroatoms. The summed E-state index contributed by atoms with van der Waals surface area (Å²) in [5.74, 6) is 1.27. The van der Waals surface area contributed by atoms with Crippen LogP contribution < -0.4 is 5.32 Å². The van der Waals surface area contributed by atoms with Gasteiger partial charge in [0.2, 0.25) is 5.91 Å². The minimum Gasteiger partial charge on any atom is -0.350 e. The van der Waals surface area contributed by atoms with E-state index < -0.39 is 0 Å². The zero-order valence-electron chi connectivity index (χ0n) is 29.9. The normalized spacial score (nSPS) is 13.6. The summed E-state index contributed by atoms with van der Waals surface area (Å²) in [5.41, 5.74) is 0.626. The molecule has 0 saturated carbocycles. The van der Waals surface area contributed by atoms with Gasteiger partial charge in [0.05, 0.1) is 0 Å². The molecule has 0 rings (SSSR count). The molecule has 0 aliphatic carbocycles. The van der Waals surface area contributed by atoms with Gasteiger partial charge in [0.15, 0.2) is 0 Å². The third-order valence-electron chi connectivity index (χ3n) is 9.77. The highest BCUT2D eigenvalue weighted by Crippen LogP contribution is 2.28. The van der Waals surface area contributed by atoms with E-state index in [-0.39, 0.29) is 11.9 Å². The van der Waals surface area contributed by atoms with Crippen LogP contribution in [0, 0.1) is 11.8 Å². The molecule has 0 aliphatic rings. The Bertz CT molecular complexity index is 584. The van der Waals surface area contributed by atoms with E-state index in [9.17, 15) is 4.79 Å². The fourth-order valence-corrected chi connectivity index (χ4v) is 6.74. The van der Waals surface area contributed by atoms with Crippen LogP contribution in [0.15, 0.2) is 12.2 Å². The Morgan fingerprint density at radius 1 is 0.500 bits per heavy atom. The summed E-state index contributed by atoms with van der Waals surface area (Å²) in [6.45, 7) is 14.9. The van der Waals surface area contributed by atoms with Gasteiger partial charge in [-0.2, -0.15) is 0 Å². The van der Waals surface area contributed by atoms with Crippen molar-refractivity contribution in [2.24, 2.45) is 11.8 Å². The zero-order valence-corrected chi connectivity index (χ0v) is 29.9. The summed E-state index contributed by atoms with van der Waals surface area (Å²) in [5, 5.41) is 3.27. The second kappa shape index (κ2) is 31.6. The maximum atomic E-state index is 12.4. The van der Waals surface area contributed by atoms with Gasteiger partial charge in [0.1, 0.15) is 0 Å². The maximum absolute atomic E-state index is 12.4. The lowest BCUT2D eigenvalue weighted by Gasteiger charge is -2.31. The van der Waals surface area contributed by atoms with E-state index in [1.807, 2.05) is 6.92 Å². The minimum absolute atomic E-state index is 0.0292. The van der Waals surface area contributed by atoms with Crippen LogP contribution in [0.2, 0.25) is 0 Å². The molecule has 1 amide bonds. The van der Waals surface area contributed by atoms with Gasteiger partial charge in [-0.3, -0.25) is 4.79 Å². The molecule has 0 heterocycles. The molecule has 0 aromatic rings. The lowest BCUT2D eigenvalue weighted by atomic mass is 9.80. The largest absolute Gasteiger partial charge is 0.350 e. The van der Waals surface area contributed by atoms with E-state index in [2.05, 4.69) is 39.6 Å². The Morgan fingerprint density at radius 3 is 1.10 bits per heavy atom. The average Bonchev–Trinajstić information content (AvgIpc) is 2.97. The second-order valence-corrected chi connectivity index (χ2v) is 14.1. The summed E-state index contributed by atoms with van der Waals surface area (Å²) < 4.78 is 0. The first-order chi connectivity index (χ1) is 20.4. The molecule has 42 heavy (non-hydrogen) atoms. The van der Waals surface area contributed by atoms with Crippen molar-refractivity contribution < 1.29 is 4.79 Å². The van der Waals surface area contributed by atoms with Crippen molar-refractivity contribution in [3.05, 3.63) is 12.2 Å². The predicted molar refractivity (Wildman–Crippen MR) is 190 cm³/mol. The van der Waals surface area contributed by atoms with Gasteiger partial charge >= 0.3 is 0 Å². The highest BCUT2D eigenvalue weighted by atomic mass is 16.1. The molecule has 0 aromatic carbocycles. The number of hydrogen-bond donors (Lipinski definition) is 1. The predicted octanol–water partition coefficient (Wildman–Crippen LogP) is 13.7. The smallest absolute Gasteiger partial charge is 0.246 e. The number of carbonyl (C=O) groups excluding carboxylic acids is 1. The summed E-state index contributed by atoms with van der Waals surface area (Å²) >= 11 is 0. The van der Waals surface area contributed by atoms with Crippen molar-refractivity contribution in [2.45, 2.75) is 227 Å². The Hall–Kier alpha value is -0.790. The molecule has 1 N–H and O–H groups in total. The topological polar surface area (TPSA) is 29.1 Å². The summed E-state index contributed by atoms with van der Waals surface area (Å²) in [7, 11) is 0. The van der Waals surface area contributed by atoms with Crippen LogP contribution in [0.5, 0.6) is 0 Å². The maximum Gasteiger partial charge on any atom is 0.246 e. The molecule has 2 nitrogen and oxygen atoms in total. The molecule has 0 saturated heterocycles. The van der Waals surface area contributed by atoms with Crippen LogP contribution in [-0.4, -0.2) is 11.9 Å². The van der Waals surface area contributed by atoms with Crippen molar-refractivity contribution in [3.63, 3.8) is 0 Å². The van der Waals surface area contributed by atoms with E-state index in [1.54, 1.807) is 0 Å². The van der Waals surface area contributed by atoms with E-state index >= 15 is 0 Å². The Morgan fingerprint density at radius 2 is 0.786 bits per heavy atom. The summed E-state index contributed by atoms with van der Waals surface area (Å²) in [6.07, 6.45) is 40.6. The lowest BCUT2D eigenvalue weighted by Crippen LogP contribution is -2.40. The van der Waals surface area contributed by atoms with Crippen molar-refractivity contribution in [1.29, 1.82) is 0 Å². The molecule has 0 radical (unpaired) electrons. The zero-order chi connectivity index (χ0) is 31.1. The standard InChI is InChI=1S/C40H79NO/c1-7-9-11-13-15-17-19-21-23-24-26-28-30-32-34-37(5)39(38(6)41-40(42)36(3)4)35-33-31-29-27-25-22-20-18-16-14-12-10-8-2/h37-39H,3,7-35H2,1-2,4-6H3,(H,41,42). The summed E-state index contributed by atoms with van der Waals surface area (Å²) in [4.78, 5) is 12.4. The van der Waals surface area contributed by atoms with Crippen LogP contribution in [0.4, 0.5) is 0 Å². The van der Waals surface area contributed by atoms with Crippen molar-refractivity contribution in [2.75, 3.05) is 0 Å². The molecule has 3 unspecified atom stereocenters. The van der Waals surface area contributed by atoms with E-state index in [4.69, 9.17) is 0 Å². The van der Waals surface area contributed by atoms with Gasteiger partial charge in [-0.25, -0.2) is 0 Å². The number of carbonyl (C=O) groups is 1. The molecule has 0 aliphatic heterocycles. The van der Waals surface area contributed by atoms with Gasteiger partial charge < -0.3 is 5.32 Å².